The van der Waals surface area contributed by atoms with Crippen LogP contribution in [0.3, 0.4) is 0 Å². The molecule has 1 aliphatic heterocycles. The van der Waals surface area contributed by atoms with Crippen molar-refractivity contribution in [3.8, 4) is 5.75 Å². The van der Waals surface area contributed by atoms with Gasteiger partial charge in [0.25, 0.3) is 0 Å². The summed E-state index contributed by atoms with van der Waals surface area (Å²) in [6.45, 7) is 8.09. The number of benzene rings is 1. The number of hydrogen-bond acceptors (Lipinski definition) is 3. The van der Waals surface area contributed by atoms with Gasteiger partial charge in [0, 0.05) is 19.5 Å². The quantitative estimate of drug-likeness (QED) is 0.368. The summed E-state index contributed by atoms with van der Waals surface area (Å²) in [6, 6.07) is 7.76. The van der Waals surface area contributed by atoms with E-state index < -0.39 is 0 Å². The van der Waals surface area contributed by atoms with E-state index in [1.807, 2.05) is 29.2 Å². The van der Waals surface area contributed by atoms with Gasteiger partial charge < -0.3 is 15.4 Å². The molecule has 1 aromatic rings. The Morgan fingerprint density at radius 1 is 1.24 bits per heavy atom. The number of halogens is 1. The van der Waals surface area contributed by atoms with Crippen LogP contribution in [0.15, 0.2) is 24.3 Å². The minimum Gasteiger partial charge on any atom is -0.427 e. The molecule has 0 spiro atoms. The van der Waals surface area contributed by atoms with Crippen molar-refractivity contribution in [2.24, 2.45) is 11.7 Å². The molecule has 140 valence electrons. The van der Waals surface area contributed by atoms with Crippen molar-refractivity contribution in [2.75, 3.05) is 13.1 Å². The Labute approximate surface area is 156 Å². The van der Waals surface area contributed by atoms with Gasteiger partial charge in [-0.15, -0.1) is 12.4 Å². The van der Waals surface area contributed by atoms with E-state index in [2.05, 4.69) is 20.8 Å². The Bertz CT molecular complexity index is 573. The molecule has 0 amide bonds. The van der Waals surface area contributed by atoms with Gasteiger partial charge in [-0.3, -0.25) is 10.2 Å². The molecule has 0 bridgehead atoms. The summed E-state index contributed by atoms with van der Waals surface area (Å²) < 4.78 is 5.43. The standard InChI is InChI=1S/C19H29N3O2.ClH/c1-19(2,3)15-5-7-16(8-6-15)24-17(23)9-4-14-10-12-22(13-11-14)18(20)21;/h5-8,14H,4,9-13H2,1-3H3,(H3,20,21);1H. The zero-order valence-corrected chi connectivity index (χ0v) is 16.2. The average molecular weight is 368 g/mol. The molecule has 6 heteroatoms. The molecule has 2 rings (SSSR count). The normalized spacial score (nSPS) is 15.4. The van der Waals surface area contributed by atoms with Crippen LogP contribution in [0.1, 0.15) is 52.0 Å². The van der Waals surface area contributed by atoms with Crippen LogP contribution in [0.4, 0.5) is 0 Å². The highest BCUT2D eigenvalue weighted by atomic mass is 35.5. The maximum absolute atomic E-state index is 12.0. The molecule has 0 aromatic heterocycles. The molecule has 0 radical (unpaired) electrons. The SMILES string of the molecule is CC(C)(C)c1ccc(OC(=O)CCC2CCN(C(=N)N)CC2)cc1.Cl. The van der Waals surface area contributed by atoms with Crippen molar-refractivity contribution < 1.29 is 9.53 Å². The number of nitrogens with one attached hydrogen (secondary N) is 1. The van der Waals surface area contributed by atoms with E-state index in [9.17, 15) is 4.79 Å². The van der Waals surface area contributed by atoms with E-state index in [1.165, 1.54) is 5.56 Å². The fourth-order valence-corrected chi connectivity index (χ4v) is 2.99. The first-order valence-corrected chi connectivity index (χ1v) is 8.66. The second-order valence-corrected chi connectivity index (χ2v) is 7.60. The van der Waals surface area contributed by atoms with Crippen LogP contribution >= 0.6 is 12.4 Å². The van der Waals surface area contributed by atoms with Gasteiger partial charge in [-0.25, -0.2) is 0 Å². The highest BCUT2D eigenvalue weighted by Crippen LogP contribution is 2.25. The van der Waals surface area contributed by atoms with Crippen molar-refractivity contribution in [2.45, 2.75) is 51.9 Å². The number of guanidine groups is 1. The number of carbonyl (C=O) groups is 1. The highest BCUT2D eigenvalue weighted by Gasteiger charge is 2.21. The molecule has 0 aliphatic carbocycles. The Balaban J connectivity index is 0.00000312. The number of carbonyl (C=O) groups excluding carboxylic acids is 1. The van der Waals surface area contributed by atoms with Crippen LogP contribution < -0.4 is 10.5 Å². The molecule has 0 unspecified atom stereocenters. The summed E-state index contributed by atoms with van der Waals surface area (Å²) >= 11 is 0. The number of esters is 1. The number of likely N-dealkylation sites (tertiary alicyclic amines) is 1. The lowest BCUT2D eigenvalue weighted by molar-refractivity contribution is -0.134. The number of rotatable bonds is 4. The largest absolute Gasteiger partial charge is 0.427 e. The molecule has 1 aliphatic rings. The number of piperidine rings is 1. The Kier molecular flexibility index (Phi) is 7.74. The Hall–Kier alpha value is -1.75. The summed E-state index contributed by atoms with van der Waals surface area (Å²) in [5, 5.41) is 7.43. The summed E-state index contributed by atoms with van der Waals surface area (Å²) in [7, 11) is 0. The average Bonchev–Trinajstić information content (AvgIpc) is 2.53. The summed E-state index contributed by atoms with van der Waals surface area (Å²) in [4.78, 5) is 13.9. The number of nitrogens with two attached hydrogens (primary N) is 1. The van der Waals surface area contributed by atoms with Crippen LogP contribution in [0.5, 0.6) is 5.75 Å². The van der Waals surface area contributed by atoms with E-state index in [0.717, 1.165) is 32.4 Å². The second-order valence-electron chi connectivity index (χ2n) is 7.60. The van der Waals surface area contributed by atoms with Crippen molar-refractivity contribution >= 4 is 24.3 Å². The molecule has 0 atom stereocenters. The predicted molar refractivity (Wildman–Crippen MR) is 103 cm³/mol. The minimum absolute atomic E-state index is 0. The van der Waals surface area contributed by atoms with Gasteiger partial charge in [-0.05, 0) is 48.3 Å². The summed E-state index contributed by atoms with van der Waals surface area (Å²) in [5.74, 6) is 1.09. The first-order valence-electron chi connectivity index (χ1n) is 8.66. The lowest BCUT2D eigenvalue weighted by atomic mass is 9.87. The molecule has 25 heavy (non-hydrogen) atoms. The van der Waals surface area contributed by atoms with Crippen LogP contribution in [-0.4, -0.2) is 29.9 Å². The Morgan fingerprint density at radius 2 is 1.80 bits per heavy atom. The molecule has 0 saturated carbocycles. The van der Waals surface area contributed by atoms with Gasteiger partial charge in [0.2, 0.25) is 0 Å². The zero-order chi connectivity index (χ0) is 17.7. The maximum atomic E-state index is 12.0. The van der Waals surface area contributed by atoms with E-state index in [0.29, 0.717) is 18.1 Å². The fraction of sp³-hybridized carbons (Fsp3) is 0.579. The second kappa shape index (κ2) is 9.09. The van der Waals surface area contributed by atoms with E-state index >= 15 is 0 Å². The molecule has 1 heterocycles. The summed E-state index contributed by atoms with van der Waals surface area (Å²) in [5.41, 5.74) is 6.81. The smallest absolute Gasteiger partial charge is 0.311 e. The molecule has 5 nitrogen and oxygen atoms in total. The van der Waals surface area contributed by atoms with E-state index in [4.69, 9.17) is 15.9 Å². The van der Waals surface area contributed by atoms with Crippen LogP contribution in [0.2, 0.25) is 0 Å². The first-order chi connectivity index (χ1) is 11.3. The van der Waals surface area contributed by atoms with Crippen LogP contribution in [-0.2, 0) is 10.2 Å². The molecule has 1 aromatic carbocycles. The lowest BCUT2D eigenvalue weighted by Gasteiger charge is -2.31. The first kappa shape index (κ1) is 21.3. The van der Waals surface area contributed by atoms with E-state index in [1.54, 1.807) is 0 Å². The van der Waals surface area contributed by atoms with Gasteiger partial charge >= 0.3 is 5.97 Å². The van der Waals surface area contributed by atoms with Crippen molar-refractivity contribution in [1.82, 2.24) is 4.90 Å². The molecule has 1 fully saturated rings. The predicted octanol–water partition coefficient (Wildman–Crippen LogP) is 3.70. The molecular weight excluding hydrogens is 338 g/mol. The zero-order valence-electron chi connectivity index (χ0n) is 15.4. The monoisotopic (exact) mass is 367 g/mol. The maximum Gasteiger partial charge on any atom is 0.311 e. The van der Waals surface area contributed by atoms with Gasteiger partial charge in [0.15, 0.2) is 5.96 Å². The number of nitrogens with zero attached hydrogens (tertiary/aromatic N) is 1. The molecule has 3 N–H and O–H groups in total. The highest BCUT2D eigenvalue weighted by molar-refractivity contribution is 5.85. The van der Waals surface area contributed by atoms with Gasteiger partial charge in [-0.2, -0.15) is 0 Å². The van der Waals surface area contributed by atoms with Gasteiger partial charge in [0.05, 0.1) is 0 Å². The molecular formula is C19H30ClN3O2. The lowest BCUT2D eigenvalue weighted by Crippen LogP contribution is -2.42. The minimum atomic E-state index is -0.174. The van der Waals surface area contributed by atoms with Crippen molar-refractivity contribution in [1.29, 1.82) is 5.41 Å². The van der Waals surface area contributed by atoms with Crippen LogP contribution in [0.25, 0.3) is 0 Å². The topological polar surface area (TPSA) is 79.4 Å². The Morgan fingerprint density at radius 3 is 2.28 bits per heavy atom. The third-order valence-electron chi connectivity index (χ3n) is 4.66. The van der Waals surface area contributed by atoms with Crippen molar-refractivity contribution in [3.05, 3.63) is 29.8 Å². The van der Waals surface area contributed by atoms with Gasteiger partial charge in [0.1, 0.15) is 5.75 Å². The summed E-state index contributed by atoms with van der Waals surface area (Å²) in [6.07, 6.45) is 3.23. The molecule has 1 saturated heterocycles. The van der Waals surface area contributed by atoms with Crippen LogP contribution in [0, 0.1) is 11.3 Å². The fourth-order valence-electron chi connectivity index (χ4n) is 2.99. The number of ether oxygens (including phenoxy) is 1. The number of hydrogen-bond donors (Lipinski definition) is 2. The van der Waals surface area contributed by atoms with Crippen molar-refractivity contribution in [3.63, 3.8) is 0 Å². The van der Waals surface area contributed by atoms with Gasteiger partial charge in [-0.1, -0.05) is 32.9 Å². The third kappa shape index (κ3) is 6.58. The third-order valence-corrected chi connectivity index (χ3v) is 4.66. The van der Waals surface area contributed by atoms with E-state index in [-0.39, 0.29) is 29.8 Å².